The highest BCUT2D eigenvalue weighted by Gasteiger charge is 2.19. The van der Waals surface area contributed by atoms with Crippen LogP contribution in [0.4, 0.5) is 0 Å². The van der Waals surface area contributed by atoms with Crippen LogP contribution in [-0.2, 0) is 15.6 Å². The second-order valence-corrected chi connectivity index (χ2v) is 8.13. The highest BCUT2D eigenvalue weighted by molar-refractivity contribution is 7.90. The van der Waals surface area contributed by atoms with Crippen LogP contribution < -0.4 is 10.1 Å². The lowest BCUT2D eigenvalue weighted by Crippen LogP contribution is -2.24. The smallest absolute Gasteiger partial charge is 0.286 e. The number of rotatable bonds is 8. The van der Waals surface area contributed by atoms with E-state index in [9.17, 15) is 13.2 Å². The maximum Gasteiger partial charge on any atom is 0.286 e. The first-order valence-corrected chi connectivity index (χ1v) is 9.71. The van der Waals surface area contributed by atoms with Crippen LogP contribution >= 0.6 is 0 Å². The molecule has 1 aromatic carbocycles. The summed E-state index contributed by atoms with van der Waals surface area (Å²) in [5.74, 6) is 0.764. The first kappa shape index (κ1) is 19.1. The first-order valence-electron chi connectivity index (χ1n) is 8.05. The van der Waals surface area contributed by atoms with Crippen molar-refractivity contribution >= 4 is 15.7 Å². The summed E-state index contributed by atoms with van der Waals surface area (Å²) in [4.78, 5) is 12.2. The monoisotopic (exact) mass is 365 g/mol. The van der Waals surface area contributed by atoms with Crippen LogP contribution in [0.3, 0.4) is 0 Å². The Kier molecular flexibility index (Phi) is 6.25. The van der Waals surface area contributed by atoms with E-state index in [-0.39, 0.29) is 28.1 Å². The van der Waals surface area contributed by atoms with Crippen LogP contribution in [0.1, 0.15) is 36.6 Å². The predicted molar refractivity (Wildman–Crippen MR) is 94.4 cm³/mol. The van der Waals surface area contributed by atoms with E-state index >= 15 is 0 Å². The molecule has 1 aromatic heterocycles. The van der Waals surface area contributed by atoms with Gasteiger partial charge in [-0.2, -0.15) is 0 Å². The van der Waals surface area contributed by atoms with Gasteiger partial charge in [-0.15, -0.1) is 0 Å². The number of carbonyl (C=O) groups is 1. The minimum absolute atomic E-state index is 0.115. The third-order valence-corrected chi connectivity index (χ3v) is 5.30. The molecule has 0 fully saturated rings. The van der Waals surface area contributed by atoms with Crippen LogP contribution in [-0.4, -0.2) is 28.0 Å². The number of furan rings is 1. The van der Waals surface area contributed by atoms with E-state index in [0.29, 0.717) is 18.2 Å². The van der Waals surface area contributed by atoms with Gasteiger partial charge >= 0.3 is 0 Å². The molecule has 0 atom stereocenters. The molecule has 6 nitrogen and oxygen atoms in total. The standard InChI is InChI=1S/C18H23NO5S/c1-13(2)10-11-19-18(20)17-9-6-15(24-17)12-25(21,22)16-7-4-14(23-3)5-8-16/h4-9,13H,10-12H2,1-3H3,(H,19,20). The number of nitrogens with one attached hydrogen (secondary N) is 1. The summed E-state index contributed by atoms with van der Waals surface area (Å²) < 4.78 is 35.3. The van der Waals surface area contributed by atoms with Gasteiger partial charge in [0.2, 0.25) is 0 Å². The summed E-state index contributed by atoms with van der Waals surface area (Å²) >= 11 is 0. The zero-order valence-corrected chi connectivity index (χ0v) is 15.4. The fourth-order valence-corrected chi connectivity index (χ4v) is 3.44. The van der Waals surface area contributed by atoms with E-state index in [4.69, 9.17) is 9.15 Å². The maximum absolute atomic E-state index is 12.4. The molecule has 2 aromatic rings. The first-order chi connectivity index (χ1) is 11.8. The number of hydrogen-bond acceptors (Lipinski definition) is 5. The number of sulfone groups is 1. The quantitative estimate of drug-likeness (QED) is 0.777. The predicted octanol–water partition coefficient (Wildman–Crippen LogP) is 3.04. The van der Waals surface area contributed by atoms with Crippen molar-refractivity contribution in [1.82, 2.24) is 5.32 Å². The Labute approximate surface area is 148 Å². The summed E-state index contributed by atoms with van der Waals surface area (Å²) in [5.41, 5.74) is 0. The van der Waals surface area contributed by atoms with Gasteiger partial charge in [0.1, 0.15) is 17.3 Å². The van der Waals surface area contributed by atoms with Gasteiger partial charge < -0.3 is 14.5 Å². The van der Waals surface area contributed by atoms with Crippen molar-refractivity contribution in [2.45, 2.75) is 30.9 Å². The third-order valence-electron chi connectivity index (χ3n) is 3.64. The van der Waals surface area contributed by atoms with Crippen LogP contribution in [0.2, 0.25) is 0 Å². The Balaban J connectivity index is 2.02. The Morgan fingerprint density at radius 1 is 1.16 bits per heavy atom. The lowest BCUT2D eigenvalue weighted by atomic mass is 10.1. The molecular weight excluding hydrogens is 342 g/mol. The fourth-order valence-electron chi connectivity index (χ4n) is 2.19. The molecule has 0 saturated heterocycles. The summed E-state index contributed by atoms with van der Waals surface area (Å²) in [7, 11) is -2.05. The van der Waals surface area contributed by atoms with Crippen molar-refractivity contribution in [3.8, 4) is 5.75 Å². The van der Waals surface area contributed by atoms with Gasteiger partial charge in [0.15, 0.2) is 15.6 Å². The third kappa shape index (κ3) is 5.35. The lowest BCUT2D eigenvalue weighted by Gasteiger charge is -2.06. The van der Waals surface area contributed by atoms with Crippen LogP contribution in [0.5, 0.6) is 5.75 Å². The molecule has 1 heterocycles. The molecule has 0 spiro atoms. The van der Waals surface area contributed by atoms with E-state index in [1.807, 2.05) is 0 Å². The van der Waals surface area contributed by atoms with Crippen molar-refractivity contribution in [3.63, 3.8) is 0 Å². The molecular formula is C18H23NO5S. The fraction of sp³-hybridized carbons (Fsp3) is 0.389. The van der Waals surface area contributed by atoms with Gasteiger partial charge in [0.05, 0.1) is 12.0 Å². The minimum Gasteiger partial charge on any atom is -0.497 e. The second-order valence-electron chi connectivity index (χ2n) is 6.14. The number of amides is 1. The Hall–Kier alpha value is -2.28. The van der Waals surface area contributed by atoms with Gasteiger partial charge in [-0.1, -0.05) is 13.8 Å². The van der Waals surface area contributed by atoms with Gasteiger partial charge in [0, 0.05) is 6.54 Å². The van der Waals surface area contributed by atoms with E-state index in [2.05, 4.69) is 19.2 Å². The highest BCUT2D eigenvalue weighted by atomic mass is 32.2. The van der Waals surface area contributed by atoms with E-state index in [0.717, 1.165) is 6.42 Å². The molecule has 0 aliphatic rings. The van der Waals surface area contributed by atoms with Crippen molar-refractivity contribution in [1.29, 1.82) is 0 Å². The minimum atomic E-state index is -3.56. The number of ether oxygens (including phenoxy) is 1. The summed E-state index contributed by atoms with van der Waals surface area (Å²) in [6, 6.07) is 9.14. The van der Waals surface area contributed by atoms with Crippen molar-refractivity contribution in [2.24, 2.45) is 5.92 Å². The average molecular weight is 365 g/mol. The molecule has 136 valence electrons. The molecule has 1 amide bonds. The van der Waals surface area contributed by atoms with E-state index < -0.39 is 9.84 Å². The van der Waals surface area contributed by atoms with Crippen LogP contribution in [0.15, 0.2) is 45.7 Å². The van der Waals surface area contributed by atoms with Crippen LogP contribution in [0.25, 0.3) is 0 Å². The molecule has 0 radical (unpaired) electrons. The van der Waals surface area contributed by atoms with Crippen LogP contribution in [0, 0.1) is 5.92 Å². The normalized spacial score (nSPS) is 11.5. The zero-order chi connectivity index (χ0) is 18.4. The topological polar surface area (TPSA) is 85.6 Å². The van der Waals surface area contributed by atoms with Gasteiger partial charge in [-0.25, -0.2) is 8.42 Å². The molecule has 0 aliphatic carbocycles. The highest BCUT2D eigenvalue weighted by Crippen LogP contribution is 2.21. The Morgan fingerprint density at radius 2 is 1.84 bits per heavy atom. The molecule has 0 unspecified atom stereocenters. The lowest BCUT2D eigenvalue weighted by molar-refractivity contribution is 0.0923. The Morgan fingerprint density at radius 3 is 2.44 bits per heavy atom. The molecule has 0 bridgehead atoms. The maximum atomic E-state index is 12.4. The molecule has 0 saturated carbocycles. The van der Waals surface area contributed by atoms with Gasteiger partial charge in [-0.3, -0.25) is 4.79 Å². The van der Waals surface area contributed by atoms with Crippen molar-refractivity contribution < 1.29 is 22.4 Å². The van der Waals surface area contributed by atoms with E-state index in [1.54, 1.807) is 12.1 Å². The van der Waals surface area contributed by atoms with Crippen molar-refractivity contribution in [3.05, 3.63) is 47.9 Å². The molecule has 0 aliphatic heterocycles. The molecule has 7 heteroatoms. The van der Waals surface area contributed by atoms with Gasteiger partial charge in [0.25, 0.3) is 5.91 Å². The molecule has 2 rings (SSSR count). The molecule has 25 heavy (non-hydrogen) atoms. The summed E-state index contributed by atoms with van der Waals surface area (Å²) in [6.45, 7) is 4.69. The number of methoxy groups -OCH3 is 1. The van der Waals surface area contributed by atoms with Gasteiger partial charge in [-0.05, 0) is 48.7 Å². The SMILES string of the molecule is COc1ccc(S(=O)(=O)Cc2ccc(C(=O)NCCC(C)C)o2)cc1. The number of carbonyl (C=O) groups excluding carboxylic acids is 1. The summed E-state index contributed by atoms with van der Waals surface area (Å²) in [6.07, 6.45) is 0.866. The number of hydrogen-bond donors (Lipinski definition) is 1. The van der Waals surface area contributed by atoms with E-state index in [1.165, 1.54) is 31.4 Å². The number of benzene rings is 1. The van der Waals surface area contributed by atoms with Crippen molar-refractivity contribution in [2.75, 3.05) is 13.7 Å². The Bertz CT molecular complexity index is 806. The largest absolute Gasteiger partial charge is 0.497 e. The zero-order valence-electron chi connectivity index (χ0n) is 14.6. The molecule has 1 N–H and O–H groups in total. The summed E-state index contributed by atoms with van der Waals surface area (Å²) in [5, 5.41) is 2.75. The second kappa shape index (κ2) is 8.20. The average Bonchev–Trinajstić information content (AvgIpc) is 3.02.